The summed E-state index contributed by atoms with van der Waals surface area (Å²) >= 11 is 11.8. The van der Waals surface area contributed by atoms with E-state index in [0.29, 0.717) is 16.5 Å². The number of carbonyl (C=O) groups is 1. The molecular formula is C13H15Cl2NO2. The molecule has 1 saturated heterocycles. The van der Waals surface area contributed by atoms with Crippen molar-refractivity contribution in [3.63, 3.8) is 0 Å². The van der Waals surface area contributed by atoms with Crippen LogP contribution >= 0.6 is 23.2 Å². The van der Waals surface area contributed by atoms with E-state index < -0.39 is 12.0 Å². The number of nitrogens with one attached hydrogen (secondary N) is 1. The van der Waals surface area contributed by atoms with Gasteiger partial charge in [0, 0.05) is 6.04 Å². The van der Waals surface area contributed by atoms with Gasteiger partial charge < -0.3 is 10.4 Å². The third kappa shape index (κ3) is 3.37. The number of aliphatic carboxylic acids is 1. The smallest absolute Gasteiger partial charge is 0.320 e. The van der Waals surface area contributed by atoms with Crippen LogP contribution in [0.4, 0.5) is 0 Å². The van der Waals surface area contributed by atoms with Crippen molar-refractivity contribution >= 4 is 29.2 Å². The second-order valence-electron chi connectivity index (χ2n) is 4.64. The molecule has 0 amide bonds. The Morgan fingerprint density at radius 1 is 1.33 bits per heavy atom. The second kappa shape index (κ2) is 5.91. The summed E-state index contributed by atoms with van der Waals surface area (Å²) in [5.41, 5.74) is 1.08. The largest absolute Gasteiger partial charge is 0.480 e. The van der Waals surface area contributed by atoms with Crippen LogP contribution < -0.4 is 5.32 Å². The maximum Gasteiger partial charge on any atom is 0.320 e. The molecule has 5 heteroatoms. The lowest BCUT2D eigenvalue weighted by Crippen LogP contribution is -2.47. The van der Waals surface area contributed by atoms with Gasteiger partial charge in [-0.25, -0.2) is 0 Å². The summed E-state index contributed by atoms with van der Waals surface area (Å²) in [7, 11) is 0. The molecule has 1 heterocycles. The minimum absolute atomic E-state index is 0.192. The summed E-state index contributed by atoms with van der Waals surface area (Å²) in [5.74, 6) is -0.770. The molecule has 1 aliphatic heterocycles. The quantitative estimate of drug-likeness (QED) is 0.898. The molecule has 2 N–H and O–H groups in total. The summed E-state index contributed by atoms with van der Waals surface area (Å²) in [6.07, 6.45) is 3.41. The fourth-order valence-electron chi connectivity index (χ4n) is 2.33. The highest BCUT2D eigenvalue weighted by Crippen LogP contribution is 2.24. The molecule has 2 unspecified atom stereocenters. The number of carboxylic acid groups (broad SMARTS) is 1. The maximum absolute atomic E-state index is 11.0. The van der Waals surface area contributed by atoms with E-state index >= 15 is 0 Å². The first-order valence-corrected chi connectivity index (χ1v) is 6.74. The molecule has 1 aliphatic rings. The molecule has 1 aromatic rings. The first-order chi connectivity index (χ1) is 8.56. The van der Waals surface area contributed by atoms with E-state index in [0.717, 1.165) is 24.8 Å². The normalized spacial score (nSPS) is 23.9. The van der Waals surface area contributed by atoms with Crippen molar-refractivity contribution in [3.05, 3.63) is 33.8 Å². The minimum atomic E-state index is -0.770. The maximum atomic E-state index is 11.0. The highest BCUT2D eigenvalue weighted by molar-refractivity contribution is 6.42. The SMILES string of the molecule is O=C(O)C1CCCC(Cc2ccc(Cl)c(Cl)c2)N1. The highest BCUT2D eigenvalue weighted by Gasteiger charge is 2.25. The van der Waals surface area contributed by atoms with Gasteiger partial charge in [-0.05, 0) is 43.4 Å². The molecular weight excluding hydrogens is 273 g/mol. The van der Waals surface area contributed by atoms with Crippen LogP contribution in [0.15, 0.2) is 18.2 Å². The summed E-state index contributed by atoms with van der Waals surface area (Å²) in [6, 6.07) is 5.32. The van der Waals surface area contributed by atoms with E-state index in [1.165, 1.54) is 0 Å². The van der Waals surface area contributed by atoms with Gasteiger partial charge in [-0.2, -0.15) is 0 Å². The van der Waals surface area contributed by atoms with E-state index in [9.17, 15) is 4.79 Å². The van der Waals surface area contributed by atoms with Gasteiger partial charge in [-0.1, -0.05) is 29.3 Å². The van der Waals surface area contributed by atoms with Crippen LogP contribution in [-0.4, -0.2) is 23.2 Å². The number of hydrogen-bond acceptors (Lipinski definition) is 2. The van der Waals surface area contributed by atoms with Crippen molar-refractivity contribution in [1.29, 1.82) is 0 Å². The van der Waals surface area contributed by atoms with Crippen molar-refractivity contribution < 1.29 is 9.90 Å². The zero-order valence-corrected chi connectivity index (χ0v) is 11.3. The Bertz CT molecular complexity index is 451. The van der Waals surface area contributed by atoms with Gasteiger partial charge in [0.2, 0.25) is 0 Å². The van der Waals surface area contributed by atoms with Crippen LogP contribution in [0.25, 0.3) is 0 Å². The molecule has 0 saturated carbocycles. The molecule has 18 heavy (non-hydrogen) atoms. The highest BCUT2D eigenvalue weighted by atomic mass is 35.5. The summed E-state index contributed by atoms with van der Waals surface area (Å²) in [6.45, 7) is 0. The predicted molar refractivity (Wildman–Crippen MR) is 72.4 cm³/mol. The van der Waals surface area contributed by atoms with Crippen LogP contribution in [0, 0.1) is 0 Å². The molecule has 0 bridgehead atoms. The average Bonchev–Trinajstić information content (AvgIpc) is 2.34. The zero-order chi connectivity index (χ0) is 13.1. The van der Waals surface area contributed by atoms with Crippen molar-refractivity contribution in [2.45, 2.75) is 37.8 Å². The molecule has 0 aliphatic carbocycles. The topological polar surface area (TPSA) is 49.3 Å². The van der Waals surface area contributed by atoms with E-state index in [-0.39, 0.29) is 6.04 Å². The lowest BCUT2D eigenvalue weighted by Gasteiger charge is -2.28. The number of hydrogen-bond donors (Lipinski definition) is 2. The lowest BCUT2D eigenvalue weighted by molar-refractivity contribution is -0.140. The lowest BCUT2D eigenvalue weighted by atomic mass is 9.94. The zero-order valence-electron chi connectivity index (χ0n) is 9.83. The third-order valence-corrected chi connectivity index (χ3v) is 3.99. The number of halogens is 2. The Labute approximate surface area is 116 Å². The third-order valence-electron chi connectivity index (χ3n) is 3.25. The first kappa shape index (κ1) is 13.7. The molecule has 98 valence electrons. The van der Waals surface area contributed by atoms with Gasteiger partial charge in [0.25, 0.3) is 0 Å². The fourth-order valence-corrected chi connectivity index (χ4v) is 2.65. The van der Waals surface area contributed by atoms with E-state index in [1.54, 1.807) is 6.07 Å². The average molecular weight is 288 g/mol. The standard InChI is InChI=1S/C13H15Cl2NO2/c14-10-5-4-8(7-11(10)15)6-9-2-1-3-12(16-9)13(17)18/h4-5,7,9,12,16H,1-3,6H2,(H,17,18). The molecule has 1 aromatic carbocycles. The summed E-state index contributed by atoms with van der Waals surface area (Å²) < 4.78 is 0. The van der Waals surface area contributed by atoms with Crippen molar-refractivity contribution in [2.24, 2.45) is 0 Å². The van der Waals surface area contributed by atoms with Gasteiger partial charge in [0.15, 0.2) is 0 Å². The Balaban J connectivity index is 2.00. The molecule has 1 fully saturated rings. The van der Waals surface area contributed by atoms with Crippen LogP contribution in [-0.2, 0) is 11.2 Å². The second-order valence-corrected chi connectivity index (χ2v) is 5.45. The van der Waals surface area contributed by atoms with Gasteiger partial charge in [-0.3, -0.25) is 4.79 Å². The Kier molecular flexibility index (Phi) is 4.49. The molecule has 0 aromatic heterocycles. The van der Waals surface area contributed by atoms with Crippen molar-refractivity contribution in [2.75, 3.05) is 0 Å². The van der Waals surface area contributed by atoms with E-state index in [4.69, 9.17) is 28.3 Å². The van der Waals surface area contributed by atoms with Gasteiger partial charge in [0.1, 0.15) is 6.04 Å². The Hall–Kier alpha value is -0.770. The summed E-state index contributed by atoms with van der Waals surface area (Å²) in [4.78, 5) is 11.0. The van der Waals surface area contributed by atoms with E-state index in [2.05, 4.69) is 5.32 Å². The molecule has 0 radical (unpaired) electrons. The first-order valence-electron chi connectivity index (χ1n) is 5.99. The minimum Gasteiger partial charge on any atom is -0.480 e. The van der Waals surface area contributed by atoms with Gasteiger partial charge in [0.05, 0.1) is 10.0 Å². The number of piperidine rings is 1. The van der Waals surface area contributed by atoms with Gasteiger partial charge >= 0.3 is 5.97 Å². The molecule has 3 nitrogen and oxygen atoms in total. The molecule has 2 rings (SSSR count). The number of rotatable bonds is 3. The monoisotopic (exact) mass is 287 g/mol. The number of benzene rings is 1. The number of carboxylic acids is 1. The van der Waals surface area contributed by atoms with E-state index in [1.807, 2.05) is 12.1 Å². The van der Waals surface area contributed by atoms with Crippen LogP contribution in [0.2, 0.25) is 10.0 Å². The fraction of sp³-hybridized carbons (Fsp3) is 0.462. The predicted octanol–water partition coefficient (Wildman–Crippen LogP) is 3.13. The Morgan fingerprint density at radius 3 is 2.78 bits per heavy atom. The van der Waals surface area contributed by atoms with Crippen molar-refractivity contribution in [1.82, 2.24) is 5.32 Å². The van der Waals surface area contributed by atoms with Crippen LogP contribution in [0.3, 0.4) is 0 Å². The molecule has 2 atom stereocenters. The van der Waals surface area contributed by atoms with Crippen LogP contribution in [0.5, 0.6) is 0 Å². The van der Waals surface area contributed by atoms with Crippen molar-refractivity contribution in [3.8, 4) is 0 Å². The van der Waals surface area contributed by atoms with Gasteiger partial charge in [-0.15, -0.1) is 0 Å². The summed E-state index contributed by atoms with van der Waals surface area (Å²) in [5, 5.41) is 13.2. The Morgan fingerprint density at radius 2 is 2.11 bits per heavy atom. The molecule has 0 spiro atoms. The van der Waals surface area contributed by atoms with Crippen LogP contribution in [0.1, 0.15) is 24.8 Å².